The number of esters is 2. The topological polar surface area (TPSA) is 55.8 Å². The first-order valence-electron chi connectivity index (χ1n) is 20.8. The number of carbonyl (C=O) groups excluding carboxylic acids is 2. The first-order valence-corrected chi connectivity index (χ1v) is 20.8. The Morgan fingerprint density at radius 3 is 1.31 bits per heavy atom. The van der Waals surface area contributed by atoms with Crippen LogP contribution in [0.2, 0.25) is 0 Å². The molecule has 0 aliphatic heterocycles. The number of ether oxygens (including phenoxy) is 2. The molecule has 0 aromatic heterocycles. The molecule has 0 aromatic carbocycles. The summed E-state index contributed by atoms with van der Waals surface area (Å²) >= 11 is 0. The molecule has 48 heavy (non-hydrogen) atoms. The number of carbonyl (C=O) groups is 2. The SMILES string of the molecule is CCCCCC/C=C\COC(=O)CCCCCCCC(CCCCCCCC(=O)OC/C=C\CCCCCCC)CCCCCN(C)C. The van der Waals surface area contributed by atoms with Crippen LogP contribution in [-0.4, -0.2) is 50.7 Å². The van der Waals surface area contributed by atoms with Crippen molar-refractivity contribution in [3.63, 3.8) is 0 Å². The van der Waals surface area contributed by atoms with Gasteiger partial charge in [-0.15, -0.1) is 0 Å². The normalized spacial score (nSPS) is 12.4. The highest BCUT2D eigenvalue weighted by Gasteiger charge is 2.10. The van der Waals surface area contributed by atoms with Crippen molar-refractivity contribution >= 4 is 11.9 Å². The minimum Gasteiger partial charge on any atom is -0.461 e. The molecule has 0 bridgehead atoms. The molecule has 282 valence electrons. The van der Waals surface area contributed by atoms with Crippen molar-refractivity contribution in [2.45, 2.75) is 200 Å². The average molecular weight is 676 g/mol. The van der Waals surface area contributed by atoms with Crippen LogP contribution in [0.1, 0.15) is 200 Å². The van der Waals surface area contributed by atoms with Crippen molar-refractivity contribution < 1.29 is 19.1 Å². The summed E-state index contributed by atoms with van der Waals surface area (Å²) in [5.41, 5.74) is 0. The molecule has 1 atom stereocenters. The summed E-state index contributed by atoms with van der Waals surface area (Å²) in [6.45, 7) is 6.52. The standard InChI is InChI=1S/C43H81NO4/c1-5-7-9-11-13-15-23-32-40-48-43(46)37-29-21-17-19-26-34-41(35-27-24-30-38-44(3)4)33-25-18-16-20-28-36-42(45)47-39-31-22-14-12-10-8-6-2/h22-23,31-32,41H,5-21,24-30,33-40H2,1-4H3/b31-22-,32-23-. The average Bonchev–Trinajstić information content (AvgIpc) is 3.07. The highest BCUT2D eigenvalue weighted by molar-refractivity contribution is 5.69. The molecule has 0 radical (unpaired) electrons. The van der Waals surface area contributed by atoms with Gasteiger partial charge in [-0.2, -0.15) is 0 Å². The summed E-state index contributed by atoms with van der Waals surface area (Å²) in [5.74, 6) is 0.748. The van der Waals surface area contributed by atoms with E-state index in [9.17, 15) is 9.59 Å². The molecule has 0 fully saturated rings. The van der Waals surface area contributed by atoms with Crippen molar-refractivity contribution in [2.24, 2.45) is 5.92 Å². The molecule has 5 nitrogen and oxygen atoms in total. The van der Waals surface area contributed by atoms with E-state index in [-0.39, 0.29) is 11.9 Å². The quantitative estimate of drug-likeness (QED) is 0.0373. The molecule has 0 amide bonds. The Balaban J connectivity index is 3.98. The summed E-state index contributed by atoms with van der Waals surface area (Å²) < 4.78 is 10.7. The second kappa shape index (κ2) is 38.2. The Kier molecular flexibility index (Phi) is 36.9. The third-order valence-electron chi connectivity index (χ3n) is 9.42. The largest absolute Gasteiger partial charge is 0.461 e. The zero-order valence-corrected chi connectivity index (χ0v) is 32.6. The van der Waals surface area contributed by atoms with E-state index in [1.165, 1.54) is 141 Å². The predicted octanol–water partition coefficient (Wildman–Crippen LogP) is 12.7. The minimum atomic E-state index is -0.0496. The lowest BCUT2D eigenvalue weighted by molar-refractivity contribution is -0.143. The van der Waals surface area contributed by atoms with Gasteiger partial charge in [-0.25, -0.2) is 0 Å². The number of hydrogen-bond acceptors (Lipinski definition) is 5. The second-order valence-electron chi connectivity index (χ2n) is 14.5. The minimum absolute atomic E-state index is 0.0481. The number of rotatable bonds is 37. The smallest absolute Gasteiger partial charge is 0.306 e. The molecule has 0 aliphatic rings. The molecule has 0 spiro atoms. The molecule has 0 aliphatic carbocycles. The Morgan fingerprint density at radius 2 is 0.854 bits per heavy atom. The molecule has 0 aromatic rings. The number of nitrogens with zero attached hydrogens (tertiary/aromatic N) is 1. The summed E-state index contributed by atoms with van der Waals surface area (Å²) in [5, 5.41) is 0. The third-order valence-corrected chi connectivity index (χ3v) is 9.42. The number of allylic oxidation sites excluding steroid dienone is 2. The Hall–Kier alpha value is -1.62. The number of unbranched alkanes of at least 4 members (excludes halogenated alkanes) is 19. The second-order valence-corrected chi connectivity index (χ2v) is 14.5. The van der Waals surface area contributed by atoms with Crippen LogP contribution in [0.15, 0.2) is 24.3 Å². The molecule has 1 unspecified atom stereocenters. The molecule has 0 saturated carbocycles. The fourth-order valence-electron chi connectivity index (χ4n) is 6.29. The van der Waals surface area contributed by atoms with E-state index in [0.717, 1.165) is 44.4 Å². The van der Waals surface area contributed by atoms with E-state index in [0.29, 0.717) is 26.1 Å². The maximum atomic E-state index is 12.0. The van der Waals surface area contributed by atoms with Gasteiger partial charge in [0.2, 0.25) is 0 Å². The van der Waals surface area contributed by atoms with Crippen LogP contribution in [-0.2, 0) is 19.1 Å². The van der Waals surface area contributed by atoms with Gasteiger partial charge in [-0.05, 0) is 71.5 Å². The Morgan fingerprint density at radius 1 is 0.479 bits per heavy atom. The van der Waals surface area contributed by atoms with Gasteiger partial charge in [0.25, 0.3) is 0 Å². The van der Waals surface area contributed by atoms with E-state index < -0.39 is 0 Å². The van der Waals surface area contributed by atoms with E-state index in [2.05, 4.69) is 45.0 Å². The van der Waals surface area contributed by atoms with Crippen LogP contribution in [0.25, 0.3) is 0 Å². The monoisotopic (exact) mass is 676 g/mol. The predicted molar refractivity (Wildman–Crippen MR) is 207 cm³/mol. The van der Waals surface area contributed by atoms with Crippen LogP contribution >= 0.6 is 0 Å². The highest BCUT2D eigenvalue weighted by atomic mass is 16.5. The summed E-state index contributed by atoms with van der Waals surface area (Å²) in [6, 6.07) is 0. The van der Waals surface area contributed by atoms with Crippen LogP contribution in [0.5, 0.6) is 0 Å². The van der Waals surface area contributed by atoms with Crippen molar-refractivity contribution in [3.8, 4) is 0 Å². The maximum absolute atomic E-state index is 12.0. The van der Waals surface area contributed by atoms with Crippen LogP contribution in [0.4, 0.5) is 0 Å². The van der Waals surface area contributed by atoms with E-state index in [4.69, 9.17) is 9.47 Å². The lowest BCUT2D eigenvalue weighted by atomic mass is 9.89. The molecule has 0 saturated heterocycles. The lowest BCUT2D eigenvalue weighted by Crippen LogP contribution is -2.12. The van der Waals surface area contributed by atoms with Gasteiger partial charge in [-0.3, -0.25) is 9.59 Å². The molecule has 0 N–H and O–H groups in total. The number of hydrogen-bond donors (Lipinski definition) is 0. The van der Waals surface area contributed by atoms with Crippen molar-refractivity contribution in [1.82, 2.24) is 4.90 Å². The van der Waals surface area contributed by atoms with Gasteiger partial charge in [-0.1, -0.05) is 167 Å². The van der Waals surface area contributed by atoms with E-state index in [1.54, 1.807) is 0 Å². The zero-order valence-electron chi connectivity index (χ0n) is 32.6. The Labute approximate surface area is 299 Å². The van der Waals surface area contributed by atoms with Gasteiger partial charge in [0.15, 0.2) is 0 Å². The summed E-state index contributed by atoms with van der Waals surface area (Å²) in [7, 11) is 4.33. The van der Waals surface area contributed by atoms with Crippen molar-refractivity contribution in [1.29, 1.82) is 0 Å². The van der Waals surface area contributed by atoms with Gasteiger partial charge < -0.3 is 14.4 Å². The molecular weight excluding hydrogens is 594 g/mol. The van der Waals surface area contributed by atoms with Gasteiger partial charge in [0.05, 0.1) is 0 Å². The summed E-state index contributed by atoms with van der Waals surface area (Å²) in [4.78, 5) is 26.3. The van der Waals surface area contributed by atoms with Crippen LogP contribution in [0, 0.1) is 5.92 Å². The van der Waals surface area contributed by atoms with Crippen molar-refractivity contribution in [2.75, 3.05) is 33.9 Å². The fraction of sp³-hybridized carbons (Fsp3) is 0.860. The van der Waals surface area contributed by atoms with Crippen LogP contribution in [0.3, 0.4) is 0 Å². The van der Waals surface area contributed by atoms with Gasteiger partial charge in [0, 0.05) is 12.8 Å². The molecule has 0 rings (SSSR count). The van der Waals surface area contributed by atoms with E-state index >= 15 is 0 Å². The molecular formula is C43H81NO4. The van der Waals surface area contributed by atoms with Crippen LogP contribution < -0.4 is 0 Å². The maximum Gasteiger partial charge on any atom is 0.306 e. The van der Waals surface area contributed by atoms with Crippen molar-refractivity contribution in [3.05, 3.63) is 24.3 Å². The molecule has 0 heterocycles. The van der Waals surface area contributed by atoms with Gasteiger partial charge >= 0.3 is 11.9 Å². The lowest BCUT2D eigenvalue weighted by Gasteiger charge is -2.17. The summed E-state index contributed by atoms with van der Waals surface area (Å²) in [6.07, 6.45) is 43.0. The third kappa shape index (κ3) is 37.2. The fourth-order valence-corrected chi connectivity index (χ4v) is 6.29. The highest BCUT2D eigenvalue weighted by Crippen LogP contribution is 2.24. The Bertz CT molecular complexity index is 747. The van der Waals surface area contributed by atoms with Gasteiger partial charge in [0.1, 0.15) is 13.2 Å². The molecule has 5 heteroatoms. The first-order chi connectivity index (χ1) is 23.5. The zero-order chi connectivity index (χ0) is 35.2. The van der Waals surface area contributed by atoms with E-state index in [1.807, 2.05) is 12.2 Å². The first kappa shape index (κ1) is 46.4.